The number of carbonyl (C=O) groups is 1. The first-order valence-electron chi connectivity index (χ1n) is 5.27. The molecular formula is C13H18N2O. The summed E-state index contributed by atoms with van der Waals surface area (Å²) in [6.07, 6.45) is 0. The summed E-state index contributed by atoms with van der Waals surface area (Å²) in [7, 11) is 1.78. The first-order chi connectivity index (χ1) is 7.59. The lowest BCUT2D eigenvalue weighted by Crippen LogP contribution is -2.33. The van der Waals surface area contributed by atoms with Crippen LogP contribution < -0.4 is 5.32 Å². The van der Waals surface area contributed by atoms with Crippen molar-refractivity contribution < 1.29 is 4.79 Å². The van der Waals surface area contributed by atoms with E-state index < -0.39 is 0 Å². The fourth-order valence-corrected chi connectivity index (χ4v) is 1.36. The molecule has 0 spiro atoms. The molecule has 1 N–H and O–H groups in total. The summed E-state index contributed by atoms with van der Waals surface area (Å²) in [5, 5.41) is 3.08. The fourth-order valence-electron chi connectivity index (χ4n) is 1.36. The standard InChI is InChI=1S/C13H18N2O/c1-11(2)10-15(3)13(16)9-14-12-7-5-4-6-8-12/h4-8,14H,1,9-10H2,2-3H3. The average Bonchev–Trinajstić information content (AvgIpc) is 2.26. The zero-order chi connectivity index (χ0) is 12.0. The van der Waals surface area contributed by atoms with E-state index in [1.165, 1.54) is 0 Å². The second-order valence-corrected chi connectivity index (χ2v) is 3.93. The number of hydrogen-bond donors (Lipinski definition) is 1. The van der Waals surface area contributed by atoms with Crippen LogP contribution in [0.15, 0.2) is 42.5 Å². The van der Waals surface area contributed by atoms with Crippen molar-refractivity contribution in [3.8, 4) is 0 Å². The van der Waals surface area contributed by atoms with Gasteiger partial charge < -0.3 is 10.2 Å². The highest BCUT2D eigenvalue weighted by atomic mass is 16.2. The third-order valence-corrected chi connectivity index (χ3v) is 2.15. The smallest absolute Gasteiger partial charge is 0.241 e. The molecule has 0 saturated heterocycles. The number of amides is 1. The van der Waals surface area contributed by atoms with Crippen LogP contribution in [0.25, 0.3) is 0 Å². The van der Waals surface area contributed by atoms with Gasteiger partial charge in [-0.1, -0.05) is 30.4 Å². The van der Waals surface area contributed by atoms with Crippen LogP contribution in [0.1, 0.15) is 6.92 Å². The molecule has 1 rings (SSSR count). The van der Waals surface area contributed by atoms with E-state index in [2.05, 4.69) is 11.9 Å². The Hall–Kier alpha value is -1.77. The van der Waals surface area contributed by atoms with E-state index in [1.807, 2.05) is 37.3 Å². The first-order valence-corrected chi connectivity index (χ1v) is 5.27. The van der Waals surface area contributed by atoms with Gasteiger partial charge >= 0.3 is 0 Å². The highest BCUT2D eigenvalue weighted by molar-refractivity contribution is 5.80. The van der Waals surface area contributed by atoms with E-state index >= 15 is 0 Å². The van der Waals surface area contributed by atoms with Crippen molar-refractivity contribution in [3.63, 3.8) is 0 Å². The molecule has 0 atom stereocenters. The summed E-state index contributed by atoms with van der Waals surface area (Å²) in [5.41, 5.74) is 1.94. The maximum atomic E-state index is 11.7. The van der Waals surface area contributed by atoms with Gasteiger partial charge in [0.1, 0.15) is 0 Å². The number of benzene rings is 1. The SMILES string of the molecule is C=C(C)CN(C)C(=O)CNc1ccccc1. The molecule has 86 valence electrons. The molecule has 16 heavy (non-hydrogen) atoms. The van der Waals surface area contributed by atoms with Crippen molar-refractivity contribution in [1.82, 2.24) is 4.90 Å². The molecule has 0 aliphatic rings. The molecule has 0 saturated carbocycles. The van der Waals surface area contributed by atoms with Crippen LogP contribution in [-0.2, 0) is 4.79 Å². The summed E-state index contributed by atoms with van der Waals surface area (Å²) >= 11 is 0. The van der Waals surface area contributed by atoms with Crippen LogP contribution in [0.2, 0.25) is 0 Å². The van der Waals surface area contributed by atoms with Gasteiger partial charge in [0.25, 0.3) is 0 Å². The van der Waals surface area contributed by atoms with Crippen LogP contribution in [0, 0.1) is 0 Å². The molecule has 1 amide bonds. The lowest BCUT2D eigenvalue weighted by Gasteiger charge is -2.17. The van der Waals surface area contributed by atoms with E-state index in [0.717, 1.165) is 11.3 Å². The molecule has 0 fully saturated rings. The van der Waals surface area contributed by atoms with Gasteiger partial charge in [-0.2, -0.15) is 0 Å². The van der Waals surface area contributed by atoms with Gasteiger partial charge in [-0.15, -0.1) is 0 Å². The zero-order valence-corrected chi connectivity index (χ0v) is 9.86. The van der Waals surface area contributed by atoms with Crippen LogP contribution in [0.4, 0.5) is 5.69 Å². The lowest BCUT2D eigenvalue weighted by atomic mass is 10.3. The molecule has 1 aromatic carbocycles. The number of para-hydroxylation sites is 1. The molecule has 3 nitrogen and oxygen atoms in total. The largest absolute Gasteiger partial charge is 0.376 e. The van der Waals surface area contributed by atoms with Gasteiger partial charge in [-0.05, 0) is 19.1 Å². The Morgan fingerprint density at radius 1 is 1.38 bits per heavy atom. The van der Waals surface area contributed by atoms with E-state index in [0.29, 0.717) is 13.1 Å². The minimum Gasteiger partial charge on any atom is -0.376 e. The van der Waals surface area contributed by atoms with E-state index in [4.69, 9.17) is 0 Å². The van der Waals surface area contributed by atoms with Crippen molar-refractivity contribution in [2.45, 2.75) is 6.92 Å². The molecule has 0 radical (unpaired) electrons. The Kier molecular flexibility index (Phi) is 4.58. The van der Waals surface area contributed by atoms with E-state index in [-0.39, 0.29) is 5.91 Å². The summed E-state index contributed by atoms with van der Waals surface area (Å²) in [6, 6.07) is 9.69. The third kappa shape index (κ3) is 4.17. The number of likely N-dealkylation sites (N-methyl/N-ethyl adjacent to an activating group) is 1. The van der Waals surface area contributed by atoms with Crippen molar-refractivity contribution in [2.24, 2.45) is 0 Å². The van der Waals surface area contributed by atoms with Crippen LogP contribution in [0.3, 0.4) is 0 Å². The predicted octanol–water partition coefficient (Wildman–Crippen LogP) is 2.13. The van der Waals surface area contributed by atoms with Gasteiger partial charge in [0.15, 0.2) is 0 Å². The van der Waals surface area contributed by atoms with Crippen LogP contribution >= 0.6 is 0 Å². The molecule has 0 aliphatic heterocycles. The highest BCUT2D eigenvalue weighted by Crippen LogP contribution is 2.04. The summed E-state index contributed by atoms with van der Waals surface area (Å²) in [5.74, 6) is 0.0619. The highest BCUT2D eigenvalue weighted by Gasteiger charge is 2.07. The Balaban J connectivity index is 2.38. The summed E-state index contributed by atoms with van der Waals surface area (Å²) in [6.45, 7) is 6.61. The Morgan fingerprint density at radius 3 is 2.56 bits per heavy atom. The normalized spacial score (nSPS) is 9.62. The zero-order valence-electron chi connectivity index (χ0n) is 9.86. The van der Waals surface area contributed by atoms with Crippen molar-refractivity contribution in [1.29, 1.82) is 0 Å². The maximum Gasteiger partial charge on any atom is 0.241 e. The number of rotatable bonds is 5. The van der Waals surface area contributed by atoms with E-state index in [1.54, 1.807) is 11.9 Å². The Bertz CT molecular complexity index is 359. The summed E-state index contributed by atoms with van der Waals surface area (Å²) in [4.78, 5) is 13.3. The van der Waals surface area contributed by atoms with Gasteiger partial charge in [-0.3, -0.25) is 4.79 Å². The van der Waals surface area contributed by atoms with Gasteiger partial charge in [0.2, 0.25) is 5.91 Å². The third-order valence-electron chi connectivity index (χ3n) is 2.15. The first kappa shape index (κ1) is 12.3. The van der Waals surface area contributed by atoms with Gasteiger partial charge in [0, 0.05) is 19.3 Å². The molecule has 1 aromatic rings. The Labute approximate surface area is 96.8 Å². The second-order valence-electron chi connectivity index (χ2n) is 3.93. The average molecular weight is 218 g/mol. The summed E-state index contributed by atoms with van der Waals surface area (Å²) < 4.78 is 0. The quantitative estimate of drug-likeness (QED) is 0.768. The molecule has 0 unspecified atom stereocenters. The number of carbonyl (C=O) groups excluding carboxylic acids is 1. The van der Waals surface area contributed by atoms with Crippen LogP contribution in [-0.4, -0.2) is 30.9 Å². The van der Waals surface area contributed by atoms with Crippen LogP contribution in [0.5, 0.6) is 0 Å². The molecule has 0 aliphatic carbocycles. The van der Waals surface area contributed by atoms with E-state index in [9.17, 15) is 4.79 Å². The Morgan fingerprint density at radius 2 is 2.00 bits per heavy atom. The number of anilines is 1. The van der Waals surface area contributed by atoms with Crippen molar-refractivity contribution in [3.05, 3.63) is 42.5 Å². The predicted molar refractivity (Wildman–Crippen MR) is 67.4 cm³/mol. The second kappa shape index (κ2) is 5.95. The van der Waals surface area contributed by atoms with Gasteiger partial charge in [0.05, 0.1) is 6.54 Å². The van der Waals surface area contributed by atoms with Gasteiger partial charge in [-0.25, -0.2) is 0 Å². The molecule has 0 bridgehead atoms. The minimum atomic E-state index is 0.0619. The number of hydrogen-bond acceptors (Lipinski definition) is 2. The van der Waals surface area contributed by atoms with Crippen molar-refractivity contribution in [2.75, 3.05) is 25.5 Å². The van der Waals surface area contributed by atoms with Crippen molar-refractivity contribution >= 4 is 11.6 Å². The molecule has 0 aromatic heterocycles. The fraction of sp³-hybridized carbons (Fsp3) is 0.308. The monoisotopic (exact) mass is 218 g/mol. The molecule has 3 heteroatoms. The molecule has 0 heterocycles. The number of nitrogens with zero attached hydrogens (tertiary/aromatic N) is 1. The number of nitrogens with one attached hydrogen (secondary N) is 1. The topological polar surface area (TPSA) is 32.3 Å². The lowest BCUT2D eigenvalue weighted by molar-refractivity contribution is -0.127. The maximum absolute atomic E-state index is 11.7. The minimum absolute atomic E-state index is 0.0619. The molecular weight excluding hydrogens is 200 g/mol.